The Morgan fingerprint density at radius 1 is 1.88 bits per heavy atom. The van der Waals surface area contributed by atoms with Crippen LogP contribution in [-0.4, -0.2) is 21.2 Å². The van der Waals surface area contributed by atoms with Crippen LogP contribution in [0.1, 0.15) is 13.3 Å². The first-order valence-electron chi connectivity index (χ1n) is 2.40. The van der Waals surface area contributed by atoms with Crippen molar-refractivity contribution in [2.75, 3.05) is 7.05 Å². The van der Waals surface area contributed by atoms with Crippen LogP contribution in [0.2, 0.25) is 0 Å². The summed E-state index contributed by atoms with van der Waals surface area (Å²) < 4.78 is 21.5. The summed E-state index contributed by atoms with van der Waals surface area (Å²) in [6.07, 6.45) is 0.607. The second kappa shape index (κ2) is 3.06. The third kappa shape index (κ3) is 3.01. The van der Waals surface area contributed by atoms with E-state index in [2.05, 4.69) is 4.72 Å². The third-order valence-electron chi connectivity index (χ3n) is 0.685. The van der Waals surface area contributed by atoms with E-state index in [0.29, 0.717) is 6.42 Å². The molecule has 0 saturated heterocycles. The average molecular weight is 137 g/mol. The van der Waals surface area contributed by atoms with Gasteiger partial charge in [-0.25, -0.2) is 8.93 Å². The van der Waals surface area contributed by atoms with Gasteiger partial charge < -0.3 is 4.55 Å². The summed E-state index contributed by atoms with van der Waals surface area (Å²) in [4.78, 5) is 0. The molecule has 0 fully saturated rings. The summed E-state index contributed by atoms with van der Waals surface area (Å²) in [5.41, 5.74) is 0. The van der Waals surface area contributed by atoms with E-state index in [0.717, 1.165) is 0 Å². The Morgan fingerprint density at radius 3 is 2.50 bits per heavy atom. The molecule has 0 heterocycles. The van der Waals surface area contributed by atoms with Gasteiger partial charge in [0.1, 0.15) is 9.99 Å². The Kier molecular flexibility index (Phi) is 3.04. The molecule has 1 atom stereocenters. The van der Waals surface area contributed by atoms with Crippen molar-refractivity contribution >= 4 is 15.4 Å². The van der Waals surface area contributed by atoms with Crippen LogP contribution >= 0.6 is 0 Å². The van der Waals surface area contributed by atoms with Gasteiger partial charge in [-0.1, -0.05) is 6.92 Å². The largest absolute Gasteiger partial charge is 0.302 e. The van der Waals surface area contributed by atoms with E-state index in [4.69, 9.17) is 4.55 Å². The van der Waals surface area contributed by atoms with Gasteiger partial charge in [-0.05, 0) is 13.5 Å². The third-order valence-corrected chi connectivity index (χ3v) is 2.06. The Balaban J connectivity index is 4.12. The van der Waals surface area contributed by atoms with Crippen molar-refractivity contribution in [2.45, 2.75) is 13.3 Å². The molecule has 1 unspecified atom stereocenters. The van der Waals surface area contributed by atoms with Gasteiger partial charge in [-0.15, -0.1) is 0 Å². The van der Waals surface area contributed by atoms with Crippen LogP contribution in [0.25, 0.3) is 0 Å². The summed E-state index contributed by atoms with van der Waals surface area (Å²) in [6, 6.07) is 0. The number of hydrogen-bond donors (Lipinski definition) is 2. The molecule has 3 nitrogen and oxygen atoms in total. The van der Waals surface area contributed by atoms with Gasteiger partial charge in [0.25, 0.3) is 0 Å². The van der Waals surface area contributed by atoms with Gasteiger partial charge in [-0.2, -0.15) is 0 Å². The molecule has 0 saturated carbocycles. The van der Waals surface area contributed by atoms with E-state index in [1.54, 1.807) is 0 Å². The van der Waals surface area contributed by atoms with E-state index >= 15 is 0 Å². The van der Waals surface area contributed by atoms with Crippen LogP contribution in [0.4, 0.5) is 0 Å². The molecule has 0 radical (unpaired) electrons. The quantitative estimate of drug-likeness (QED) is 0.530. The maximum absolute atomic E-state index is 10.5. The van der Waals surface area contributed by atoms with Crippen molar-refractivity contribution in [3.8, 4) is 0 Å². The van der Waals surface area contributed by atoms with Gasteiger partial charge in [0.2, 0.25) is 0 Å². The molecule has 50 valence electrons. The molecule has 0 aromatic carbocycles. The first-order chi connectivity index (χ1) is 3.62. The van der Waals surface area contributed by atoms with Crippen molar-refractivity contribution < 1.29 is 8.76 Å². The molecule has 2 N–H and O–H groups in total. The molecule has 0 spiro atoms. The maximum Gasteiger partial charge on any atom is 0.141 e. The van der Waals surface area contributed by atoms with E-state index in [1.165, 1.54) is 12.4 Å². The number of hydrogen-bond acceptors (Lipinski definition) is 1. The first-order valence-corrected chi connectivity index (χ1v) is 3.98. The van der Waals surface area contributed by atoms with Crippen molar-refractivity contribution in [3.05, 3.63) is 0 Å². The highest BCUT2D eigenvalue weighted by atomic mass is 32.2. The molecule has 0 bridgehead atoms. The van der Waals surface area contributed by atoms with Crippen molar-refractivity contribution in [2.24, 2.45) is 0 Å². The standard InChI is InChI=1S/C4H11NO2S/c1-3-4-8(6,7)5-2/h4H,3H2,1-2H3,(H2,5,6,7). The Labute approximate surface area is 50.1 Å². The lowest BCUT2D eigenvalue weighted by molar-refractivity contribution is 0.550. The molecule has 8 heavy (non-hydrogen) atoms. The highest BCUT2D eigenvalue weighted by molar-refractivity contribution is 7.94. The van der Waals surface area contributed by atoms with Crippen molar-refractivity contribution in [1.82, 2.24) is 4.72 Å². The zero-order valence-electron chi connectivity index (χ0n) is 5.05. The van der Waals surface area contributed by atoms with Crippen LogP contribution in [0.3, 0.4) is 0 Å². The van der Waals surface area contributed by atoms with Gasteiger partial charge in [0.15, 0.2) is 0 Å². The molecule has 0 aliphatic heterocycles. The molecule has 0 aromatic rings. The SMILES string of the molecule is CCC=S(=O)(O)NC. The molecule has 4 heteroatoms. The van der Waals surface area contributed by atoms with Crippen LogP contribution in [0.5, 0.6) is 0 Å². The molecular formula is C4H11NO2S. The first kappa shape index (κ1) is 7.94. The van der Waals surface area contributed by atoms with Gasteiger partial charge in [-0.3, -0.25) is 0 Å². The van der Waals surface area contributed by atoms with E-state index in [9.17, 15) is 4.21 Å². The second-order valence-corrected chi connectivity index (χ2v) is 3.23. The summed E-state index contributed by atoms with van der Waals surface area (Å²) in [7, 11) is -1.34. The summed E-state index contributed by atoms with van der Waals surface area (Å²) >= 11 is 0. The Morgan fingerprint density at radius 2 is 2.38 bits per heavy atom. The second-order valence-electron chi connectivity index (χ2n) is 1.35. The fourth-order valence-electron chi connectivity index (χ4n) is 0.309. The minimum absolute atomic E-state index is 0.607. The van der Waals surface area contributed by atoms with E-state index in [1.807, 2.05) is 6.92 Å². The number of rotatable bonds is 2. The zero-order valence-corrected chi connectivity index (χ0v) is 5.86. The van der Waals surface area contributed by atoms with E-state index < -0.39 is 9.99 Å². The summed E-state index contributed by atoms with van der Waals surface area (Å²) in [5.74, 6) is 0. The maximum atomic E-state index is 10.5. The summed E-state index contributed by atoms with van der Waals surface area (Å²) in [5, 5.41) is 1.34. The minimum atomic E-state index is -2.79. The van der Waals surface area contributed by atoms with Crippen molar-refractivity contribution in [1.29, 1.82) is 0 Å². The lowest BCUT2D eigenvalue weighted by Gasteiger charge is -1.96. The normalized spacial score (nSPS) is 17.4. The van der Waals surface area contributed by atoms with Crippen LogP contribution < -0.4 is 4.72 Å². The molecule has 0 aliphatic carbocycles. The Hall–Kier alpha value is -0.0600. The monoisotopic (exact) mass is 137 g/mol. The number of nitrogens with one attached hydrogen (secondary N) is 1. The van der Waals surface area contributed by atoms with Crippen LogP contribution in [0, 0.1) is 0 Å². The minimum Gasteiger partial charge on any atom is -0.302 e. The van der Waals surface area contributed by atoms with Crippen molar-refractivity contribution in [3.63, 3.8) is 0 Å². The van der Waals surface area contributed by atoms with Crippen LogP contribution in [0.15, 0.2) is 0 Å². The molecule has 0 aromatic heterocycles. The molecular weight excluding hydrogens is 126 g/mol. The van der Waals surface area contributed by atoms with Crippen LogP contribution in [-0.2, 0) is 9.99 Å². The topological polar surface area (TPSA) is 49.3 Å². The molecule has 0 aliphatic rings. The lowest BCUT2D eigenvalue weighted by Crippen LogP contribution is -2.19. The van der Waals surface area contributed by atoms with E-state index in [-0.39, 0.29) is 0 Å². The molecule has 0 rings (SSSR count). The fourth-order valence-corrected chi connectivity index (χ4v) is 0.928. The zero-order chi connectivity index (χ0) is 6.62. The lowest BCUT2D eigenvalue weighted by atomic mass is 10.6. The van der Waals surface area contributed by atoms with Gasteiger partial charge >= 0.3 is 0 Å². The van der Waals surface area contributed by atoms with Gasteiger partial charge in [0.05, 0.1) is 0 Å². The Bertz CT molecular complexity index is 157. The van der Waals surface area contributed by atoms with Gasteiger partial charge in [0, 0.05) is 5.37 Å². The summed E-state index contributed by atoms with van der Waals surface area (Å²) in [6.45, 7) is 1.81. The smallest absolute Gasteiger partial charge is 0.141 e. The highest BCUT2D eigenvalue weighted by Crippen LogP contribution is 1.75. The fraction of sp³-hybridized carbons (Fsp3) is 0.750. The predicted octanol–water partition coefficient (Wildman–Crippen LogP) is 0.0904. The highest BCUT2D eigenvalue weighted by Gasteiger charge is 1.89. The average Bonchev–Trinajstić information content (AvgIpc) is 1.67. The predicted molar refractivity (Wildman–Crippen MR) is 36.2 cm³/mol. The molecule has 0 amide bonds.